The molecule has 1 N–H and O–H groups in total. The van der Waals surface area contributed by atoms with E-state index in [-0.39, 0.29) is 12.5 Å². The number of rotatable bonds is 4. The normalized spacial score (nSPS) is 18.7. The number of urea groups is 1. The first-order valence-electron chi connectivity index (χ1n) is 5.24. The first-order chi connectivity index (χ1) is 7.45. The van der Waals surface area contributed by atoms with Gasteiger partial charge in [-0.05, 0) is 12.3 Å². The molecule has 4 amide bonds. The lowest BCUT2D eigenvalue weighted by Crippen LogP contribution is -2.56. The number of nitrogens with one attached hydrogen (secondary N) is 1. The molecule has 1 unspecified atom stereocenters. The number of hydrogen-bond acceptors (Lipinski definition) is 3. The molecule has 88 valence electrons. The van der Waals surface area contributed by atoms with Gasteiger partial charge in [-0.1, -0.05) is 19.9 Å². The molecule has 1 rings (SSSR count). The molecule has 1 aliphatic heterocycles. The topological polar surface area (TPSA) is 66.5 Å². The second-order valence-electron chi connectivity index (χ2n) is 4.23. The lowest BCUT2D eigenvalue weighted by Gasteiger charge is -2.31. The summed E-state index contributed by atoms with van der Waals surface area (Å²) in [5.41, 5.74) is 0. The minimum Gasteiger partial charge on any atom is -0.277 e. The summed E-state index contributed by atoms with van der Waals surface area (Å²) < 4.78 is 0. The number of carbonyl (C=O) groups is 3. The van der Waals surface area contributed by atoms with Crippen LogP contribution in [-0.2, 0) is 9.59 Å². The van der Waals surface area contributed by atoms with E-state index in [1.54, 1.807) is 6.08 Å². The molecule has 1 heterocycles. The van der Waals surface area contributed by atoms with Gasteiger partial charge in [0.2, 0.25) is 11.8 Å². The van der Waals surface area contributed by atoms with Crippen molar-refractivity contribution >= 4 is 17.8 Å². The van der Waals surface area contributed by atoms with Crippen LogP contribution in [0.3, 0.4) is 0 Å². The molecule has 5 heteroatoms. The van der Waals surface area contributed by atoms with Gasteiger partial charge in [0, 0.05) is 0 Å². The zero-order chi connectivity index (χ0) is 12.3. The van der Waals surface area contributed by atoms with E-state index in [1.165, 1.54) is 0 Å². The van der Waals surface area contributed by atoms with Crippen LogP contribution in [0.2, 0.25) is 0 Å². The SMILES string of the molecule is C=CC(CC(C)C)N1C(=O)CC(=O)NC1=O. The van der Waals surface area contributed by atoms with Crippen molar-refractivity contribution in [3.8, 4) is 0 Å². The van der Waals surface area contributed by atoms with Gasteiger partial charge < -0.3 is 0 Å². The van der Waals surface area contributed by atoms with Crippen molar-refractivity contribution < 1.29 is 14.4 Å². The summed E-state index contributed by atoms with van der Waals surface area (Å²) in [6, 6.07) is -0.993. The Labute approximate surface area is 94.5 Å². The summed E-state index contributed by atoms with van der Waals surface area (Å²) in [4.78, 5) is 35.2. The number of amides is 4. The maximum atomic E-state index is 11.6. The molecule has 1 aliphatic rings. The van der Waals surface area contributed by atoms with E-state index in [1.807, 2.05) is 13.8 Å². The van der Waals surface area contributed by atoms with E-state index in [2.05, 4.69) is 11.9 Å². The van der Waals surface area contributed by atoms with Crippen molar-refractivity contribution in [2.45, 2.75) is 32.7 Å². The van der Waals surface area contributed by atoms with Crippen LogP contribution >= 0.6 is 0 Å². The van der Waals surface area contributed by atoms with Crippen LogP contribution in [0.4, 0.5) is 4.79 Å². The van der Waals surface area contributed by atoms with Crippen molar-refractivity contribution in [3.63, 3.8) is 0 Å². The van der Waals surface area contributed by atoms with Crippen LogP contribution in [0.15, 0.2) is 12.7 Å². The zero-order valence-electron chi connectivity index (χ0n) is 9.53. The second kappa shape index (κ2) is 4.92. The van der Waals surface area contributed by atoms with Gasteiger partial charge in [-0.2, -0.15) is 0 Å². The Hall–Kier alpha value is -1.65. The predicted molar refractivity (Wildman–Crippen MR) is 58.4 cm³/mol. The van der Waals surface area contributed by atoms with E-state index < -0.39 is 17.8 Å². The Morgan fingerprint density at radius 2 is 2.06 bits per heavy atom. The van der Waals surface area contributed by atoms with Gasteiger partial charge in [-0.15, -0.1) is 6.58 Å². The van der Waals surface area contributed by atoms with Gasteiger partial charge in [0.1, 0.15) is 6.42 Å². The average molecular weight is 224 g/mol. The predicted octanol–water partition coefficient (Wildman–Crippen LogP) is 1.06. The van der Waals surface area contributed by atoms with Gasteiger partial charge in [-0.25, -0.2) is 4.79 Å². The summed E-state index contributed by atoms with van der Waals surface area (Å²) >= 11 is 0. The van der Waals surface area contributed by atoms with E-state index in [0.29, 0.717) is 12.3 Å². The summed E-state index contributed by atoms with van der Waals surface area (Å²) in [5.74, 6) is -0.667. The third kappa shape index (κ3) is 2.68. The molecule has 0 radical (unpaired) electrons. The summed E-state index contributed by atoms with van der Waals surface area (Å²) in [6.07, 6.45) is 1.94. The lowest BCUT2D eigenvalue weighted by atomic mass is 10.0. The monoisotopic (exact) mass is 224 g/mol. The Kier molecular flexibility index (Phi) is 3.82. The van der Waals surface area contributed by atoms with E-state index in [4.69, 9.17) is 0 Å². The number of barbiturate groups is 1. The molecule has 0 aromatic carbocycles. The van der Waals surface area contributed by atoms with E-state index in [0.717, 1.165) is 4.90 Å². The van der Waals surface area contributed by atoms with Crippen LogP contribution in [0.5, 0.6) is 0 Å². The molecule has 1 atom stereocenters. The van der Waals surface area contributed by atoms with Crippen molar-refractivity contribution in [1.82, 2.24) is 10.2 Å². The fourth-order valence-corrected chi connectivity index (χ4v) is 1.69. The highest BCUT2D eigenvalue weighted by Gasteiger charge is 2.34. The third-order valence-corrected chi connectivity index (χ3v) is 2.36. The van der Waals surface area contributed by atoms with Crippen LogP contribution in [-0.4, -0.2) is 28.8 Å². The molecule has 1 fully saturated rings. The number of hydrogen-bond donors (Lipinski definition) is 1. The van der Waals surface area contributed by atoms with Crippen molar-refractivity contribution in [2.75, 3.05) is 0 Å². The van der Waals surface area contributed by atoms with Gasteiger partial charge in [0.05, 0.1) is 6.04 Å². The summed E-state index contributed by atoms with van der Waals surface area (Å²) in [6.45, 7) is 7.61. The van der Waals surface area contributed by atoms with Gasteiger partial charge >= 0.3 is 6.03 Å². The Morgan fingerprint density at radius 3 is 2.50 bits per heavy atom. The second-order valence-corrected chi connectivity index (χ2v) is 4.23. The van der Waals surface area contributed by atoms with Crippen LogP contribution in [0.1, 0.15) is 26.7 Å². The maximum Gasteiger partial charge on any atom is 0.331 e. The largest absolute Gasteiger partial charge is 0.331 e. The Balaban J connectivity index is 2.83. The van der Waals surface area contributed by atoms with Crippen molar-refractivity contribution in [2.24, 2.45) is 5.92 Å². The molecule has 0 aromatic rings. The minimum absolute atomic E-state index is 0.270. The molecule has 0 saturated carbocycles. The Bertz CT molecular complexity index is 316. The average Bonchev–Trinajstić information content (AvgIpc) is 2.13. The van der Waals surface area contributed by atoms with Gasteiger partial charge in [0.25, 0.3) is 0 Å². The lowest BCUT2D eigenvalue weighted by molar-refractivity contribution is -0.137. The Morgan fingerprint density at radius 1 is 1.44 bits per heavy atom. The highest BCUT2D eigenvalue weighted by Crippen LogP contribution is 2.16. The smallest absolute Gasteiger partial charge is 0.277 e. The first kappa shape index (κ1) is 12.4. The highest BCUT2D eigenvalue weighted by molar-refractivity contribution is 6.14. The van der Waals surface area contributed by atoms with E-state index in [9.17, 15) is 14.4 Å². The molecule has 16 heavy (non-hydrogen) atoms. The number of nitrogens with zero attached hydrogens (tertiary/aromatic N) is 1. The minimum atomic E-state index is -0.646. The molecule has 0 bridgehead atoms. The van der Waals surface area contributed by atoms with Crippen molar-refractivity contribution in [3.05, 3.63) is 12.7 Å². The third-order valence-electron chi connectivity index (χ3n) is 2.36. The summed E-state index contributed by atoms with van der Waals surface area (Å²) in [5, 5.41) is 2.13. The van der Waals surface area contributed by atoms with Crippen molar-refractivity contribution in [1.29, 1.82) is 0 Å². The molecule has 5 nitrogen and oxygen atoms in total. The maximum absolute atomic E-state index is 11.6. The molecule has 0 aromatic heterocycles. The fraction of sp³-hybridized carbons (Fsp3) is 0.545. The van der Waals surface area contributed by atoms with Crippen LogP contribution in [0.25, 0.3) is 0 Å². The molecule has 0 aliphatic carbocycles. The molecular formula is C11H16N2O3. The first-order valence-corrected chi connectivity index (χ1v) is 5.24. The zero-order valence-corrected chi connectivity index (χ0v) is 9.53. The van der Waals surface area contributed by atoms with Gasteiger partial charge in [0.15, 0.2) is 0 Å². The molecule has 0 spiro atoms. The van der Waals surface area contributed by atoms with E-state index >= 15 is 0 Å². The standard InChI is InChI=1S/C11H16N2O3/c1-4-8(5-7(2)3)13-10(15)6-9(14)12-11(13)16/h4,7-8H,1,5-6H2,2-3H3,(H,12,14,16). The van der Waals surface area contributed by atoms with Crippen LogP contribution in [0, 0.1) is 5.92 Å². The molecule has 1 saturated heterocycles. The van der Waals surface area contributed by atoms with Gasteiger partial charge in [-0.3, -0.25) is 19.8 Å². The molecular weight excluding hydrogens is 208 g/mol. The highest BCUT2D eigenvalue weighted by atomic mass is 16.2. The number of carbonyl (C=O) groups excluding carboxylic acids is 3. The number of imide groups is 2. The van der Waals surface area contributed by atoms with Crippen LogP contribution < -0.4 is 5.32 Å². The summed E-state index contributed by atoms with van der Waals surface area (Å²) in [7, 11) is 0. The quantitative estimate of drug-likeness (QED) is 0.573. The fourth-order valence-electron chi connectivity index (χ4n) is 1.69.